The van der Waals surface area contributed by atoms with Crippen LogP contribution >= 0.6 is 0 Å². The van der Waals surface area contributed by atoms with Gasteiger partial charge in [0.2, 0.25) is 5.91 Å². The molecule has 1 saturated heterocycles. The lowest BCUT2D eigenvalue weighted by molar-refractivity contribution is -0.132. The SMILES string of the molecule is O=C([C@@H]1C[C@H]1c1ccc(F)cc1F)N1CCN(c2ccncc2)CC1. The van der Waals surface area contributed by atoms with Crippen LogP contribution in [-0.4, -0.2) is 42.0 Å². The highest BCUT2D eigenvalue weighted by Gasteiger charge is 2.47. The topological polar surface area (TPSA) is 36.4 Å². The first-order valence-electron chi connectivity index (χ1n) is 8.52. The van der Waals surface area contributed by atoms with E-state index in [4.69, 9.17) is 0 Å². The number of nitrogens with zero attached hydrogens (tertiary/aromatic N) is 3. The van der Waals surface area contributed by atoms with E-state index < -0.39 is 11.6 Å². The molecule has 2 atom stereocenters. The number of benzene rings is 1. The largest absolute Gasteiger partial charge is 0.368 e. The number of aromatic nitrogens is 1. The average Bonchev–Trinajstić information content (AvgIpc) is 3.42. The molecule has 1 aliphatic heterocycles. The molecule has 1 aromatic heterocycles. The van der Waals surface area contributed by atoms with Crippen LogP contribution in [0, 0.1) is 17.6 Å². The maximum Gasteiger partial charge on any atom is 0.226 e. The van der Waals surface area contributed by atoms with Crippen LogP contribution in [0.25, 0.3) is 0 Å². The summed E-state index contributed by atoms with van der Waals surface area (Å²) in [5.74, 6) is -1.35. The Bertz CT molecular complexity index is 775. The third-order valence-electron chi connectivity index (χ3n) is 5.09. The van der Waals surface area contributed by atoms with Gasteiger partial charge in [-0.25, -0.2) is 8.78 Å². The van der Waals surface area contributed by atoms with Crippen LogP contribution in [0.4, 0.5) is 14.5 Å². The Morgan fingerprint density at radius 3 is 2.44 bits per heavy atom. The molecular formula is C19H19F2N3O. The molecule has 1 amide bonds. The molecule has 0 unspecified atom stereocenters. The summed E-state index contributed by atoms with van der Waals surface area (Å²) in [6, 6.07) is 7.54. The molecule has 2 fully saturated rings. The average molecular weight is 343 g/mol. The van der Waals surface area contributed by atoms with Gasteiger partial charge in [0.05, 0.1) is 0 Å². The molecule has 4 rings (SSSR count). The molecule has 0 bridgehead atoms. The summed E-state index contributed by atoms with van der Waals surface area (Å²) in [4.78, 5) is 20.8. The molecular weight excluding hydrogens is 324 g/mol. The van der Waals surface area contributed by atoms with Crippen molar-refractivity contribution in [2.24, 2.45) is 5.92 Å². The summed E-state index contributed by atoms with van der Waals surface area (Å²) in [7, 11) is 0. The quantitative estimate of drug-likeness (QED) is 0.860. The van der Waals surface area contributed by atoms with E-state index in [0.717, 1.165) is 24.8 Å². The number of hydrogen-bond donors (Lipinski definition) is 0. The van der Waals surface area contributed by atoms with Crippen molar-refractivity contribution in [2.45, 2.75) is 12.3 Å². The summed E-state index contributed by atoms with van der Waals surface area (Å²) in [6.07, 6.45) is 4.17. The molecule has 2 heterocycles. The van der Waals surface area contributed by atoms with Crippen molar-refractivity contribution in [2.75, 3.05) is 31.1 Å². The number of pyridine rings is 1. The minimum Gasteiger partial charge on any atom is -0.368 e. The molecule has 0 spiro atoms. The zero-order valence-corrected chi connectivity index (χ0v) is 13.7. The van der Waals surface area contributed by atoms with E-state index in [2.05, 4.69) is 9.88 Å². The van der Waals surface area contributed by atoms with Crippen molar-refractivity contribution >= 4 is 11.6 Å². The number of rotatable bonds is 3. The second kappa shape index (κ2) is 6.43. The molecule has 0 N–H and O–H groups in total. The van der Waals surface area contributed by atoms with Gasteiger partial charge in [0.15, 0.2) is 0 Å². The van der Waals surface area contributed by atoms with E-state index in [1.54, 1.807) is 12.4 Å². The van der Waals surface area contributed by atoms with Gasteiger partial charge in [-0.1, -0.05) is 6.07 Å². The molecule has 1 saturated carbocycles. The maximum atomic E-state index is 13.9. The lowest BCUT2D eigenvalue weighted by Gasteiger charge is -2.36. The van der Waals surface area contributed by atoms with Gasteiger partial charge in [-0.15, -0.1) is 0 Å². The smallest absolute Gasteiger partial charge is 0.226 e. The van der Waals surface area contributed by atoms with E-state index in [0.29, 0.717) is 25.1 Å². The number of piperazine rings is 1. The predicted octanol–water partition coefficient (Wildman–Crippen LogP) is 2.81. The highest BCUT2D eigenvalue weighted by atomic mass is 19.1. The van der Waals surface area contributed by atoms with Crippen molar-refractivity contribution in [3.63, 3.8) is 0 Å². The predicted molar refractivity (Wildman–Crippen MR) is 90.2 cm³/mol. The third-order valence-corrected chi connectivity index (χ3v) is 5.09. The van der Waals surface area contributed by atoms with E-state index in [-0.39, 0.29) is 17.7 Å². The molecule has 6 heteroatoms. The molecule has 2 aromatic rings. The van der Waals surface area contributed by atoms with E-state index in [9.17, 15) is 13.6 Å². The summed E-state index contributed by atoms with van der Waals surface area (Å²) >= 11 is 0. The first-order valence-corrected chi connectivity index (χ1v) is 8.52. The van der Waals surface area contributed by atoms with E-state index in [1.807, 2.05) is 17.0 Å². The summed E-state index contributed by atoms with van der Waals surface area (Å²) < 4.78 is 26.9. The lowest BCUT2D eigenvalue weighted by atomic mass is 10.1. The fourth-order valence-corrected chi connectivity index (χ4v) is 3.59. The van der Waals surface area contributed by atoms with Crippen LogP contribution in [0.15, 0.2) is 42.7 Å². The van der Waals surface area contributed by atoms with Gasteiger partial charge in [0.1, 0.15) is 11.6 Å². The highest BCUT2D eigenvalue weighted by Crippen LogP contribution is 2.49. The molecule has 4 nitrogen and oxygen atoms in total. The highest BCUT2D eigenvalue weighted by molar-refractivity contribution is 5.83. The Morgan fingerprint density at radius 2 is 1.76 bits per heavy atom. The maximum absolute atomic E-state index is 13.9. The van der Waals surface area contributed by atoms with Gasteiger partial charge < -0.3 is 9.80 Å². The van der Waals surface area contributed by atoms with Crippen LogP contribution in [0.5, 0.6) is 0 Å². The van der Waals surface area contributed by atoms with Gasteiger partial charge in [-0.3, -0.25) is 9.78 Å². The van der Waals surface area contributed by atoms with Crippen LogP contribution in [-0.2, 0) is 4.79 Å². The molecule has 1 aromatic carbocycles. The minimum atomic E-state index is -0.586. The standard InChI is InChI=1S/C19H19F2N3O/c20-13-1-2-15(18(21)11-13)16-12-17(16)19(25)24-9-7-23(8-10-24)14-3-5-22-6-4-14/h1-6,11,16-17H,7-10,12H2/t16-,17+/m0/s1. The number of carbonyl (C=O) groups excluding carboxylic acids is 1. The zero-order chi connectivity index (χ0) is 17.4. The fraction of sp³-hybridized carbons (Fsp3) is 0.368. The van der Waals surface area contributed by atoms with Crippen LogP contribution < -0.4 is 4.90 Å². The molecule has 1 aliphatic carbocycles. The Kier molecular flexibility index (Phi) is 4.11. The number of hydrogen-bond acceptors (Lipinski definition) is 3. The Labute approximate surface area is 145 Å². The second-order valence-corrected chi connectivity index (χ2v) is 6.63. The van der Waals surface area contributed by atoms with Crippen molar-refractivity contribution in [3.05, 3.63) is 59.9 Å². The summed E-state index contributed by atoms with van der Waals surface area (Å²) in [5.41, 5.74) is 1.56. The number of carbonyl (C=O) groups is 1. The first kappa shape index (κ1) is 16.0. The van der Waals surface area contributed by atoms with E-state index in [1.165, 1.54) is 12.1 Å². The molecule has 2 aliphatic rings. The summed E-state index contributed by atoms with van der Waals surface area (Å²) in [5, 5.41) is 0. The molecule has 0 radical (unpaired) electrons. The minimum absolute atomic E-state index is 0.0862. The Morgan fingerprint density at radius 1 is 1.04 bits per heavy atom. The molecule has 130 valence electrons. The summed E-state index contributed by atoms with van der Waals surface area (Å²) in [6.45, 7) is 2.88. The van der Waals surface area contributed by atoms with Crippen molar-refractivity contribution in [1.82, 2.24) is 9.88 Å². The van der Waals surface area contributed by atoms with Crippen molar-refractivity contribution < 1.29 is 13.6 Å². The number of amides is 1. The third kappa shape index (κ3) is 3.21. The van der Waals surface area contributed by atoms with Crippen LogP contribution in [0.3, 0.4) is 0 Å². The monoisotopic (exact) mass is 343 g/mol. The van der Waals surface area contributed by atoms with Gasteiger partial charge in [0.25, 0.3) is 0 Å². The van der Waals surface area contributed by atoms with Gasteiger partial charge in [-0.05, 0) is 36.1 Å². The Hall–Kier alpha value is -2.50. The molecule has 25 heavy (non-hydrogen) atoms. The normalized spacial score (nSPS) is 22.8. The van der Waals surface area contributed by atoms with Gasteiger partial charge in [0, 0.05) is 56.2 Å². The van der Waals surface area contributed by atoms with Crippen molar-refractivity contribution in [1.29, 1.82) is 0 Å². The van der Waals surface area contributed by atoms with Gasteiger partial charge in [-0.2, -0.15) is 0 Å². The Balaban J connectivity index is 1.36. The van der Waals surface area contributed by atoms with Crippen molar-refractivity contribution in [3.8, 4) is 0 Å². The lowest BCUT2D eigenvalue weighted by Crippen LogP contribution is -2.49. The zero-order valence-electron chi connectivity index (χ0n) is 13.7. The number of anilines is 1. The second-order valence-electron chi connectivity index (χ2n) is 6.63. The first-order chi connectivity index (χ1) is 12.1. The fourth-order valence-electron chi connectivity index (χ4n) is 3.59. The number of halogens is 2. The van der Waals surface area contributed by atoms with Gasteiger partial charge >= 0.3 is 0 Å². The van der Waals surface area contributed by atoms with Crippen LogP contribution in [0.1, 0.15) is 17.9 Å². The van der Waals surface area contributed by atoms with Crippen LogP contribution in [0.2, 0.25) is 0 Å². The van der Waals surface area contributed by atoms with E-state index >= 15 is 0 Å².